The molecule has 1 amide bonds. The van der Waals surface area contributed by atoms with E-state index in [9.17, 15) is 22.8 Å². The lowest BCUT2D eigenvalue weighted by Crippen LogP contribution is -2.31. The molecule has 0 unspecified atom stereocenters. The van der Waals surface area contributed by atoms with Crippen LogP contribution in [-0.2, 0) is 4.79 Å². The molecule has 2 aromatic carbocycles. The van der Waals surface area contributed by atoms with Crippen LogP contribution in [0, 0.1) is 13.8 Å². The van der Waals surface area contributed by atoms with Gasteiger partial charge in [0.1, 0.15) is 10.8 Å². The predicted octanol–water partition coefficient (Wildman–Crippen LogP) is 5.46. The van der Waals surface area contributed by atoms with Crippen molar-refractivity contribution >= 4 is 29.1 Å². The van der Waals surface area contributed by atoms with Crippen molar-refractivity contribution in [3.63, 3.8) is 0 Å². The van der Waals surface area contributed by atoms with Gasteiger partial charge in [-0.05, 0) is 43.7 Å². The van der Waals surface area contributed by atoms with Crippen LogP contribution in [0.4, 0.5) is 19.0 Å². The minimum absolute atomic E-state index is 0.0117. The fourth-order valence-electron chi connectivity index (χ4n) is 3.60. The quantitative estimate of drug-likeness (QED) is 0.447. The van der Waals surface area contributed by atoms with Gasteiger partial charge in [-0.2, -0.15) is 5.10 Å². The van der Waals surface area contributed by atoms with Gasteiger partial charge in [0.25, 0.3) is 5.91 Å². The number of nitrogens with zero attached hydrogens (tertiary/aromatic N) is 3. The Morgan fingerprint density at radius 3 is 2.18 bits per heavy atom. The lowest BCUT2D eigenvalue weighted by molar-refractivity contribution is -0.274. The average molecular weight is 488 g/mol. The number of aromatic nitrogens is 2. The summed E-state index contributed by atoms with van der Waals surface area (Å²) in [7, 11) is 0. The van der Waals surface area contributed by atoms with E-state index in [0.717, 1.165) is 17.7 Å². The predicted molar refractivity (Wildman–Crippen MR) is 119 cm³/mol. The summed E-state index contributed by atoms with van der Waals surface area (Å²) in [5.41, 5.74) is 2.19. The van der Waals surface area contributed by atoms with Gasteiger partial charge >= 0.3 is 6.36 Å². The molecule has 0 bridgehead atoms. The fourth-order valence-corrected chi connectivity index (χ4v) is 3.88. The van der Waals surface area contributed by atoms with Crippen LogP contribution in [0.5, 0.6) is 5.75 Å². The molecule has 34 heavy (non-hydrogen) atoms. The first-order valence-corrected chi connectivity index (χ1v) is 10.4. The molecule has 0 aliphatic carbocycles. The molecule has 1 atom stereocenters. The SMILES string of the molecule is Cc1ccc(C(=O)C2=C(Cl)C(=O)N(c3ccc(C)nn3)[C@@H]2c2ccc(OC(F)(F)F)cc2)cc1. The highest BCUT2D eigenvalue weighted by atomic mass is 35.5. The van der Waals surface area contributed by atoms with E-state index in [1.807, 2.05) is 6.92 Å². The molecule has 0 fully saturated rings. The summed E-state index contributed by atoms with van der Waals surface area (Å²) < 4.78 is 41.7. The zero-order chi connectivity index (χ0) is 24.6. The number of hydrogen-bond donors (Lipinski definition) is 0. The molecule has 1 aliphatic heterocycles. The highest BCUT2D eigenvalue weighted by Crippen LogP contribution is 2.43. The number of carbonyl (C=O) groups excluding carboxylic acids is 2. The molecule has 0 spiro atoms. The lowest BCUT2D eigenvalue weighted by Gasteiger charge is -2.26. The Morgan fingerprint density at radius 2 is 1.62 bits per heavy atom. The van der Waals surface area contributed by atoms with E-state index in [1.165, 1.54) is 17.0 Å². The number of carbonyl (C=O) groups is 2. The van der Waals surface area contributed by atoms with Crippen LogP contribution in [-0.4, -0.2) is 28.3 Å². The highest BCUT2D eigenvalue weighted by molar-refractivity contribution is 6.48. The summed E-state index contributed by atoms with van der Waals surface area (Å²) in [4.78, 5) is 27.8. The number of Topliss-reactive ketones (excluding diaryl/α,β-unsaturated/α-hetero) is 1. The van der Waals surface area contributed by atoms with Gasteiger partial charge in [-0.3, -0.25) is 14.5 Å². The number of rotatable bonds is 5. The van der Waals surface area contributed by atoms with Crippen molar-refractivity contribution < 1.29 is 27.5 Å². The number of hydrogen-bond acceptors (Lipinski definition) is 5. The standard InChI is InChI=1S/C24H17ClF3N3O3/c1-13-3-6-16(7-4-13)22(32)19-20(25)23(33)31(18-12-5-14(2)29-30-18)21(19)15-8-10-17(11-9-15)34-24(26,27)28/h3-12,21H,1-2H3/t21-/m1/s1. The Balaban J connectivity index is 1.81. The summed E-state index contributed by atoms with van der Waals surface area (Å²) in [6, 6.07) is 13.8. The van der Waals surface area contributed by atoms with Crippen molar-refractivity contribution in [3.8, 4) is 5.75 Å². The molecule has 0 saturated carbocycles. The Kier molecular flexibility index (Phi) is 6.14. The van der Waals surface area contributed by atoms with Crippen molar-refractivity contribution in [2.45, 2.75) is 26.3 Å². The van der Waals surface area contributed by atoms with Crippen LogP contribution in [0.25, 0.3) is 0 Å². The second kappa shape index (κ2) is 8.90. The summed E-state index contributed by atoms with van der Waals surface area (Å²) >= 11 is 6.39. The molecule has 4 rings (SSSR count). The van der Waals surface area contributed by atoms with E-state index in [1.54, 1.807) is 43.3 Å². The van der Waals surface area contributed by atoms with Gasteiger partial charge in [0.2, 0.25) is 0 Å². The number of amides is 1. The molecule has 0 saturated heterocycles. The third-order valence-electron chi connectivity index (χ3n) is 5.19. The normalized spacial score (nSPS) is 16.2. The summed E-state index contributed by atoms with van der Waals surface area (Å²) in [5.74, 6) is -1.46. The molecular formula is C24H17ClF3N3O3. The van der Waals surface area contributed by atoms with E-state index in [-0.39, 0.29) is 16.4 Å². The van der Waals surface area contributed by atoms with Crippen molar-refractivity contribution in [2.75, 3.05) is 4.90 Å². The zero-order valence-electron chi connectivity index (χ0n) is 17.9. The Morgan fingerprint density at radius 1 is 0.971 bits per heavy atom. The molecule has 6 nitrogen and oxygen atoms in total. The largest absolute Gasteiger partial charge is 0.573 e. The van der Waals surface area contributed by atoms with E-state index in [0.29, 0.717) is 16.8 Å². The maximum Gasteiger partial charge on any atom is 0.573 e. The van der Waals surface area contributed by atoms with Crippen LogP contribution >= 0.6 is 11.6 Å². The topological polar surface area (TPSA) is 72.4 Å². The minimum Gasteiger partial charge on any atom is -0.406 e. The number of ketones is 1. The number of anilines is 1. The van der Waals surface area contributed by atoms with Gasteiger partial charge in [0.05, 0.1) is 17.3 Å². The second-order valence-corrected chi connectivity index (χ2v) is 8.03. The summed E-state index contributed by atoms with van der Waals surface area (Å²) in [6.45, 7) is 3.59. The van der Waals surface area contributed by atoms with Crippen molar-refractivity contribution in [1.29, 1.82) is 0 Å². The summed E-state index contributed by atoms with van der Waals surface area (Å²) in [5, 5.41) is 7.72. The highest BCUT2D eigenvalue weighted by Gasteiger charge is 2.44. The maximum atomic E-state index is 13.5. The number of halogens is 4. The van der Waals surface area contributed by atoms with E-state index in [4.69, 9.17) is 11.6 Å². The molecule has 0 N–H and O–H groups in total. The first-order chi connectivity index (χ1) is 16.0. The molecule has 10 heteroatoms. The molecule has 2 heterocycles. The fraction of sp³-hybridized carbons (Fsp3) is 0.167. The first-order valence-electron chi connectivity index (χ1n) is 10.1. The molecule has 3 aromatic rings. The zero-order valence-corrected chi connectivity index (χ0v) is 18.7. The number of benzene rings is 2. The Labute approximate surface area is 197 Å². The van der Waals surface area contributed by atoms with Crippen molar-refractivity contribution in [3.05, 3.63) is 93.7 Å². The number of aryl methyl sites for hydroxylation is 2. The van der Waals surface area contributed by atoms with Gasteiger partial charge in [0.15, 0.2) is 11.6 Å². The van der Waals surface area contributed by atoms with Crippen LogP contribution < -0.4 is 9.64 Å². The second-order valence-electron chi connectivity index (χ2n) is 7.65. The van der Waals surface area contributed by atoms with Crippen LogP contribution in [0.3, 0.4) is 0 Å². The van der Waals surface area contributed by atoms with E-state index in [2.05, 4.69) is 14.9 Å². The van der Waals surface area contributed by atoms with Gasteiger partial charge in [0, 0.05) is 5.56 Å². The molecule has 174 valence electrons. The molecule has 0 radical (unpaired) electrons. The smallest absolute Gasteiger partial charge is 0.406 e. The van der Waals surface area contributed by atoms with Crippen LogP contribution in [0.2, 0.25) is 0 Å². The maximum absolute atomic E-state index is 13.5. The van der Waals surface area contributed by atoms with Crippen molar-refractivity contribution in [1.82, 2.24) is 10.2 Å². The third-order valence-corrected chi connectivity index (χ3v) is 5.56. The number of alkyl halides is 3. The lowest BCUT2D eigenvalue weighted by atomic mass is 9.93. The molecular weight excluding hydrogens is 471 g/mol. The van der Waals surface area contributed by atoms with Crippen LogP contribution in [0.1, 0.15) is 33.2 Å². The third kappa shape index (κ3) is 4.65. The number of ether oxygens (including phenoxy) is 1. The van der Waals surface area contributed by atoms with Crippen molar-refractivity contribution in [2.24, 2.45) is 0 Å². The molecule has 1 aromatic heterocycles. The average Bonchev–Trinajstić information content (AvgIpc) is 3.04. The summed E-state index contributed by atoms with van der Waals surface area (Å²) in [6.07, 6.45) is -4.86. The van der Waals surface area contributed by atoms with E-state index < -0.39 is 29.8 Å². The van der Waals surface area contributed by atoms with Gasteiger partial charge in [-0.1, -0.05) is 53.6 Å². The van der Waals surface area contributed by atoms with Crippen LogP contribution in [0.15, 0.2) is 71.3 Å². The molecule has 1 aliphatic rings. The Hall–Kier alpha value is -3.72. The Bertz CT molecular complexity index is 1270. The van der Waals surface area contributed by atoms with Gasteiger partial charge in [-0.15, -0.1) is 18.3 Å². The van der Waals surface area contributed by atoms with Gasteiger partial charge in [-0.25, -0.2) is 0 Å². The first kappa shape index (κ1) is 23.4. The minimum atomic E-state index is -4.86. The van der Waals surface area contributed by atoms with Gasteiger partial charge < -0.3 is 4.74 Å². The van der Waals surface area contributed by atoms with E-state index >= 15 is 0 Å². The monoisotopic (exact) mass is 487 g/mol.